The number of aliphatic hydroxyl groups excluding tert-OH is 1. The van der Waals surface area contributed by atoms with Crippen LogP contribution < -0.4 is 10.5 Å². The molecule has 1 aromatic rings. The van der Waals surface area contributed by atoms with Gasteiger partial charge in [0.25, 0.3) is 0 Å². The molecule has 1 aliphatic carbocycles. The zero-order valence-electron chi connectivity index (χ0n) is 11.5. The minimum Gasteiger partial charge on any atom is -0.391 e. The molecule has 0 spiro atoms. The van der Waals surface area contributed by atoms with Gasteiger partial charge in [-0.15, -0.1) is 0 Å². The van der Waals surface area contributed by atoms with Crippen molar-refractivity contribution < 1.29 is 13.5 Å². The molecule has 2 unspecified atom stereocenters. The van der Waals surface area contributed by atoms with Crippen LogP contribution in [0.4, 0.5) is 0 Å². The van der Waals surface area contributed by atoms with E-state index in [4.69, 9.17) is 5.73 Å². The zero-order valence-corrected chi connectivity index (χ0v) is 12.3. The van der Waals surface area contributed by atoms with Crippen LogP contribution in [0.25, 0.3) is 0 Å². The van der Waals surface area contributed by atoms with Crippen molar-refractivity contribution in [1.29, 1.82) is 0 Å². The minimum absolute atomic E-state index is 0.232. The van der Waals surface area contributed by atoms with Gasteiger partial charge in [-0.1, -0.05) is 25.0 Å². The van der Waals surface area contributed by atoms with Gasteiger partial charge >= 0.3 is 0 Å². The highest BCUT2D eigenvalue weighted by Gasteiger charge is 2.27. The normalized spacial score (nSPS) is 23.7. The molecule has 2 rings (SSSR count). The molecule has 6 heteroatoms. The topological polar surface area (TPSA) is 92.4 Å². The summed E-state index contributed by atoms with van der Waals surface area (Å²) in [6.07, 6.45) is 3.38. The summed E-state index contributed by atoms with van der Waals surface area (Å²) in [6.45, 7) is 0.540. The largest absolute Gasteiger partial charge is 0.391 e. The van der Waals surface area contributed by atoms with Gasteiger partial charge in [-0.25, -0.2) is 13.1 Å². The van der Waals surface area contributed by atoms with Crippen molar-refractivity contribution in [2.45, 2.75) is 49.1 Å². The second kappa shape index (κ2) is 6.67. The number of hydrogen-bond acceptors (Lipinski definition) is 4. The van der Waals surface area contributed by atoms with Crippen LogP contribution in [0.15, 0.2) is 29.2 Å². The maximum absolute atomic E-state index is 12.3. The molecule has 0 aromatic heterocycles. The lowest BCUT2D eigenvalue weighted by atomic mass is 9.93. The van der Waals surface area contributed by atoms with Crippen LogP contribution >= 0.6 is 0 Å². The van der Waals surface area contributed by atoms with E-state index in [1.165, 1.54) is 0 Å². The SMILES string of the molecule is NCCc1ccc(S(=O)(=O)NC2CCCCC2O)cc1. The Morgan fingerprint density at radius 2 is 1.85 bits per heavy atom. The van der Waals surface area contributed by atoms with Gasteiger partial charge in [0.2, 0.25) is 10.0 Å². The first-order chi connectivity index (χ1) is 9.53. The third-order valence-electron chi connectivity index (χ3n) is 3.70. The molecule has 1 saturated carbocycles. The van der Waals surface area contributed by atoms with E-state index < -0.39 is 16.1 Å². The van der Waals surface area contributed by atoms with E-state index in [0.29, 0.717) is 19.4 Å². The average molecular weight is 298 g/mol. The highest BCUT2D eigenvalue weighted by Crippen LogP contribution is 2.20. The highest BCUT2D eigenvalue weighted by molar-refractivity contribution is 7.89. The predicted molar refractivity (Wildman–Crippen MR) is 77.8 cm³/mol. The van der Waals surface area contributed by atoms with Crippen LogP contribution in [0.5, 0.6) is 0 Å². The van der Waals surface area contributed by atoms with Crippen molar-refractivity contribution in [3.8, 4) is 0 Å². The fraction of sp³-hybridized carbons (Fsp3) is 0.571. The number of nitrogens with two attached hydrogens (primary N) is 1. The van der Waals surface area contributed by atoms with Crippen LogP contribution in [0, 0.1) is 0 Å². The Kier molecular flexibility index (Phi) is 5.15. The summed E-state index contributed by atoms with van der Waals surface area (Å²) in [6, 6.07) is 6.35. The van der Waals surface area contributed by atoms with E-state index in [9.17, 15) is 13.5 Å². The zero-order chi connectivity index (χ0) is 14.6. The molecule has 1 aromatic carbocycles. The minimum atomic E-state index is -3.57. The van der Waals surface area contributed by atoms with Crippen LogP contribution in [0.2, 0.25) is 0 Å². The third-order valence-corrected chi connectivity index (χ3v) is 5.21. The van der Waals surface area contributed by atoms with Crippen molar-refractivity contribution >= 4 is 10.0 Å². The van der Waals surface area contributed by atoms with Gasteiger partial charge < -0.3 is 10.8 Å². The molecule has 0 aliphatic heterocycles. The molecule has 5 nitrogen and oxygen atoms in total. The number of rotatable bonds is 5. The van der Waals surface area contributed by atoms with Crippen LogP contribution in [0.3, 0.4) is 0 Å². The van der Waals surface area contributed by atoms with Gasteiger partial charge in [-0.3, -0.25) is 0 Å². The standard InChI is InChI=1S/C14H22N2O3S/c15-10-9-11-5-7-12(8-6-11)20(18,19)16-13-3-1-2-4-14(13)17/h5-8,13-14,16-17H,1-4,9-10,15H2. The van der Waals surface area contributed by atoms with Crippen LogP contribution in [-0.4, -0.2) is 32.2 Å². The first kappa shape index (κ1) is 15.4. The molecule has 0 amide bonds. The second-order valence-electron chi connectivity index (χ2n) is 5.26. The van der Waals surface area contributed by atoms with Gasteiger partial charge in [0.05, 0.1) is 11.0 Å². The molecule has 2 atom stereocenters. The number of sulfonamides is 1. The van der Waals surface area contributed by atoms with Crippen molar-refractivity contribution in [1.82, 2.24) is 4.72 Å². The van der Waals surface area contributed by atoms with Crippen molar-refractivity contribution in [2.75, 3.05) is 6.54 Å². The Bertz CT molecular complexity index is 528. The average Bonchev–Trinajstić information content (AvgIpc) is 2.42. The quantitative estimate of drug-likeness (QED) is 0.748. The lowest BCUT2D eigenvalue weighted by Gasteiger charge is -2.28. The van der Waals surface area contributed by atoms with E-state index in [2.05, 4.69) is 4.72 Å². The molecule has 112 valence electrons. The van der Waals surface area contributed by atoms with Crippen molar-refractivity contribution in [2.24, 2.45) is 5.73 Å². The molecule has 0 bridgehead atoms. The summed E-state index contributed by atoms with van der Waals surface area (Å²) < 4.78 is 27.1. The number of hydrogen-bond donors (Lipinski definition) is 3. The van der Waals surface area contributed by atoms with E-state index in [0.717, 1.165) is 24.8 Å². The first-order valence-corrected chi connectivity index (χ1v) is 8.50. The Morgan fingerprint density at radius 1 is 1.20 bits per heavy atom. The van der Waals surface area contributed by atoms with Crippen LogP contribution in [0.1, 0.15) is 31.2 Å². The third kappa shape index (κ3) is 3.79. The number of nitrogens with one attached hydrogen (secondary N) is 1. The van der Waals surface area contributed by atoms with E-state index >= 15 is 0 Å². The highest BCUT2D eigenvalue weighted by atomic mass is 32.2. The van der Waals surface area contributed by atoms with Gasteiger partial charge in [0.15, 0.2) is 0 Å². The molecule has 4 N–H and O–H groups in total. The lowest BCUT2D eigenvalue weighted by molar-refractivity contribution is 0.101. The molecule has 20 heavy (non-hydrogen) atoms. The first-order valence-electron chi connectivity index (χ1n) is 7.02. The number of benzene rings is 1. The van der Waals surface area contributed by atoms with Crippen molar-refractivity contribution in [3.05, 3.63) is 29.8 Å². The molecular weight excluding hydrogens is 276 g/mol. The summed E-state index contributed by atoms with van der Waals surface area (Å²) >= 11 is 0. The van der Waals surface area contributed by atoms with Gasteiger partial charge in [-0.05, 0) is 43.5 Å². The molecule has 1 aliphatic rings. The summed E-state index contributed by atoms with van der Waals surface area (Å²) in [5.74, 6) is 0. The fourth-order valence-corrected chi connectivity index (χ4v) is 3.82. The van der Waals surface area contributed by atoms with Gasteiger partial charge in [0, 0.05) is 6.04 Å². The smallest absolute Gasteiger partial charge is 0.240 e. The Hall–Kier alpha value is -0.950. The van der Waals surface area contributed by atoms with Gasteiger partial charge in [0.1, 0.15) is 0 Å². The summed E-state index contributed by atoms with van der Waals surface area (Å²) in [7, 11) is -3.57. The molecule has 0 saturated heterocycles. The van der Waals surface area contributed by atoms with Crippen LogP contribution in [-0.2, 0) is 16.4 Å². The maximum Gasteiger partial charge on any atom is 0.240 e. The monoisotopic (exact) mass is 298 g/mol. The Morgan fingerprint density at radius 3 is 2.45 bits per heavy atom. The van der Waals surface area contributed by atoms with Gasteiger partial charge in [-0.2, -0.15) is 0 Å². The summed E-state index contributed by atoms with van der Waals surface area (Å²) in [5.41, 5.74) is 6.48. The van der Waals surface area contributed by atoms with E-state index in [-0.39, 0.29) is 10.9 Å². The molecule has 0 radical (unpaired) electrons. The summed E-state index contributed by atoms with van der Waals surface area (Å²) in [4.78, 5) is 0.232. The molecule has 1 fully saturated rings. The van der Waals surface area contributed by atoms with Crippen molar-refractivity contribution in [3.63, 3.8) is 0 Å². The molecular formula is C14H22N2O3S. The fourth-order valence-electron chi connectivity index (χ4n) is 2.52. The molecule has 0 heterocycles. The lowest BCUT2D eigenvalue weighted by Crippen LogP contribution is -2.44. The summed E-state index contributed by atoms with van der Waals surface area (Å²) in [5, 5.41) is 9.85. The number of aliphatic hydroxyl groups is 1. The Balaban J connectivity index is 2.09. The second-order valence-corrected chi connectivity index (χ2v) is 6.98. The van der Waals surface area contributed by atoms with E-state index in [1.807, 2.05) is 0 Å². The maximum atomic E-state index is 12.3. The Labute approximate surface area is 120 Å². The predicted octanol–water partition coefficient (Wildman–Crippen LogP) is 0.770. The van der Waals surface area contributed by atoms with E-state index in [1.54, 1.807) is 24.3 Å².